The summed E-state index contributed by atoms with van der Waals surface area (Å²) in [7, 11) is 0. The van der Waals surface area contributed by atoms with Crippen molar-refractivity contribution < 1.29 is 9.59 Å². The molecule has 0 unspecified atom stereocenters. The molecule has 0 saturated carbocycles. The van der Waals surface area contributed by atoms with Crippen molar-refractivity contribution in [2.24, 2.45) is 0 Å². The maximum atomic E-state index is 13.4. The summed E-state index contributed by atoms with van der Waals surface area (Å²) in [6, 6.07) is 20.7. The summed E-state index contributed by atoms with van der Waals surface area (Å²) in [5, 5.41) is 3.35. The molecule has 1 heterocycles. The van der Waals surface area contributed by atoms with Gasteiger partial charge < -0.3 is 10.2 Å². The summed E-state index contributed by atoms with van der Waals surface area (Å²) in [6.07, 6.45) is 0.851. The van der Waals surface area contributed by atoms with E-state index in [0.29, 0.717) is 41.6 Å². The minimum absolute atomic E-state index is 0.0587. The Kier molecular flexibility index (Phi) is 6.47. The highest BCUT2D eigenvalue weighted by molar-refractivity contribution is 6.34. The molecule has 6 heteroatoms. The minimum atomic E-state index is -0.302. The number of rotatable bonds is 5. The minimum Gasteiger partial charge on any atom is -0.320 e. The lowest BCUT2D eigenvalue weighted by Gasteiger charge is -2.36. The van der Waals surface area contributed by atoms with Crippen LogP contribution in [0.15, 0.2) is 66.7 Å². The molecule has 0 atom stereocenters. The predicted molar refractivity (Wildman–Crippen MR) is 130 cm³/mol. The van der Waals surface area contributed by atoms with E-state index in [9.17, 15) is 9.59 Å². The molecule has 0 aliphatic carbocycles. The molecular formula is C26H26ClN3O2. The first-order valence-corrected chi connectivity index (χ1v) is 11.1. The first-order chi connectivity index (χ1) is 15.4. The van der Waals surface area contributed by atoms with Gasteiger partial charge in [0.2, 0.25) is 0 Å². The maximum absolute atomic E-state index is 13.4. The smallest absolute Gasteiger partial charge is 0.320 e. The van der Waals surface area contributed by atoms with Crippen LogP contribution < -0.4 is 10.2 Å². The zero-order valence-corrected chi connectivity index (χ0v) is 19.0. The number of hydrogen-bond acceptors (Lipinski definition) is 2. The number of nitrogens with zero attached hydrogens (tertiary/aromatic N) is 2. The van der Waals surface area contributed by atoms with Gasteiger partial charge in [-0.25, -0.2) is 4.79 Å². The van der Waals surface area contributed by atoms with Crippen molar-refractivity contribution in [3.8, 4) is 0 Å². The summed E-state index contributed by atoms with van der Waals surface area (Å²) in [5.74, 6) is -0.302. The fourth-order valence-corrected chi connectivity index (χ4v) is 4.19. The van der Waals surface area contributed by atoms with Crippen LogP contribution in [0.4, 0.5) is 16.2 Å². The van der Waals surface area contributed by atoms with E-state index >= 15 is 0 Å². The normalized spacial score (nSPS) is 13.9. The standard InChI is InChI=1S/C26H26ClN3O2/c1-18-12-13-24(23(16-18)28-25(31)21-10-5-6-11-22(21)27)30-15-7-14-29(26(30)32)17-20-9-4-3-8-19(20)2/h3-6,8-13,16H,7,14-15,17H2,1-2H3,(H,28,31). The van der Waals surface area contributed by atoms with Gasteiger partial charge in [0.1, 0.15) is 0 Å². The molecule has 4 rings (SSSR count). The van der Waals surface area contributed by atoms with Crippen LogP contribution in [0.5, 0.6) is 0 Å². The topological polar surface area (TPSA) is 52.6 Å². The van der Waals surface area contributed by atoms with Crippen molar-refractivity contribution in [2.75, 3.05) is 23.3 Å². The summed E-state index contributed by atoms with van der Waals surface area (Å²) >= 11 is 6.21. The summed E-state index contributed by atoms with van der Waals surface area (Å²) < 4.78 is 0. The first kappa shape index (κ1) is 21.9. The zero-order chi connectivity index (χ0) is 22.7. The van der Waals surface area contributed by atoms with Crippen LogP contribution in [0.3, 0.4) is 0 Å². The zero-order valence-electron chi connectivity index (χ0n) is 18.3. The summed E-state index contributed by atoms with van der Waals surface area (Å²) in [6.45, 7) is 5.88. The van der Waals surface area contributed by atoms with E-state index in [1.165, 1.54) is 5.56 Å². The first-order valence-electron chi connectivity index (χ1n) is 10.7. The average molecular weight is 448 g/mol. The number of nitrogens with one attached hydrogen (secondary N) is 1. The number of urea groups is 1. The number of carbonyl (C=O) groups excluding carboxylic acids is 2. The molecule has 5 nitrogen and oxygen atoms in total. The van der Waals surface area contributed by atoms with Crippen LogP contribution in [0.25, 0.3) is 0 Å². The predicted octanol–water partition coefficient (Wildman–Crippen LogP) is 6.04. The van der Waals surface area contributed by atoms with Gasteiger partial charge in [0.05, 0.1) is 22.0 Å². The lowest BCUT2D eigenvalue weighted by Crippen LogP contribution is -2.49. The van der Waals surface area contributed by atoms with Crippen molar-refractivity contribution in [1.82, 2.24) is 4.90 Å². The Bertz CT molecular complexity index is 1160. The van der Waals surface area contributed by atoms with Crippen LogP contribution in [0, 0.1) is 13.8 Å². The van der Waals surface area contributed by atoms with Crippen LogP contribution in [-0.4, -0.2) is 29.9 Å². The van der Waals surface area contributed by atoms with Crippen LogP contribution in [-0.2, 0) is 6.54 Å². The molecular weight excluding hydrogens is 422 g/mol. The second-order valence-electron chi connectivity index (χ2n) is 8.09. The van der Waals surface area contributed by atoms with Gasteiger partial charge in [0, 0.05) is 19.6 Å². The SMILES string of the molecule is Cc1ccc(N2CCCN(Cc3ccccc3C)C2=O)c(NC(=O)c2ccccc2Cl)c1. The molecule has 0 aromatic heterocycles. The van der Waals surface area contributed by atoms with Crippen LogP contribution >= 0.6 is 11.6 Å². The Morgan fingerprint density at radius 1 is 1.00 bits per heavy atom. The average Bonchev–Trinajstić information content (AvgIpc) is 2.77. The third kappa shape index (κ3) is 4.63. The fraction of sp³-hybridized carbons (Fsp3) is 0.231. The molecule has 3 aromatic rings. The molecule has 1 N–H and O–H groups in total. The van der Waals surface area contributed by atoms with E-state index < -0.39 is 0 Å². The number of aryl methyl sites for hydroxylation is 2. The molecule has 164 valence electrons. The molecule has 1 aliphatic rings. The molecule has 32 heavy (non-hydrogen) atoms. The quantitative estimate of drug-likeness (QED) is 0.518. The number of carbonyl (C=O) groups is 2. The van der Waals surface area contributed by atoms with Crippen molar-refractivity contribution >= 4 is 34.9 Å². The third-order valence-electron chi connectivity index (χ3n) is 5.74. The lowest BCUT2D eigenvalue weighted by molar-refractivity contribution is 0.102. The Morgan fingerprint density at radius 2 is 1.75 bits per heavy atom. The molecule has 0 spiro atoms. The molecule has 1 saturated heterocycles. The van der Waals surface area contributed by atoms with Crippen LogP contribution in [0.1, 0.15) is 33.5 Å². The Labute approximate surface area is 193 Å². The number of halogens is 1. The fourth-order valence-electron chi connectivity index (χ4n) is 3.97. The van der Waals surface area contributed by atoms with E-state index in [4.69, 9.17) is 11.6 Å². The molecule has 0 radical (unpaired) electrons. The number of hydrogen-bond donors (Lipinski definition) is 1. The van der Waals surface area contributed by atoms with Crippen molar-refractivity contribution in [2.45, 2.75) is 26.8 Å². The van der Waals surface area contributed by atoms with Gasteiger partial charge in [-0.15, -0.1) is 0 Å². The van der Waals surface area contributed by atoms with Crippen LogP contribution in [0.2, 0.25) is 5.02 Å². The summed E-state index contributed by atoms with van der Waals surface area (Å²) in [5.41, 5.74) is 4.98. The van der Waals surface area contributed by atoms with E-state index in [1.807, 2.05) is 42.2 Å². The lowest BCUT2D eigenvalue weighted by atomic mass is 10.1. The van der Waals surface area contributed by atoms with Gasteiger partial charge >= 0.3 is 6.03 Å². The largest absolute Gasteiger partial charge is 0.324 e. The van der Waals surface area contributed by atoms with Gasteiger partial charge in [-0.1, -0.05) is 54.1 Å². The highest BCUT2D eigenvalue weighted by Crippen LogP contribution is 2.31. The van der Waals surface area contributed by atoms with Gasteiger partial charge in [0.15, 0.2) is 0 Å². The highest BCUT2D eigenvalue weighted by Gasteiger charge is 2.29. The van der Waals surface area contributed by atoms with E-state index in [2.05, 4.69) is 24.4 Å². The number of anilines is 2. The third-order valence-corrected chi connectivity index (χ3v) is 6.07. The maximum Gasteiger partial charge on any atom is 0.324 e. The van der Waals surface area contributed by atoms with Crippen molar-refractivity contribution in [3.05, 3.63) is 94.0 Å². The van der Waals surface area contributed by atoms with E-state index in [0.717, 1.165) is 17.5 Å². The summed E-state index contributed by atoms with van der Waals surface area (Å²) in [4.78, 5) is 29.9. The second kappa shape index (κ2) is 9.45. The van der Waals surface area contributed by atoms with E-state index in [1.54, 1.807) is 29.2 Å². The highest BCUT2D eigenvalue weighted by atomic mass is 35.5. The number of amides is 3. The monoisotopic (exact) mass is 447 g/mol. The Balaban J connectivity index is 1.60. The van der Waals surface area contributed by atoms with E-state index in [-0.39, 0.29) is 11.9 Å². The molecule has 3 aromatic carbocycles. The van der Waals surface area contributed by atoms with Gasteiger partial charge in [-0.05, 0) is 61.2 Å². The number of benzene rings is 3. The molecule has 1 fully saturated rings. The van der Waals surface area contributed by atoms with Gasteiger partial charge in [0.25, 0.3) is 5.91 Å². The van der Waals surface area contributed by atoms with Crippen molar-refractivity contribution in [1.29, 1.82) is 0 Å². The van der Waals surface area contributed by atoms with Crippen molar-refractivity contribution in [3.63, 3.8) is 0 Å². The molecule has 0 bridgehead atoms. The Hall–Kier alpha value is -3.31. The second-order valence-corrected chi connectivity index (χ2v) is 8.50. The van der Waals surface area contributed by atoms with Gasteiger partial charge in [-0.2, -0.15) is 0 Å². The Morgan fingerprint density at radius 3 is 2.53 bits per heavy atom. The molecule has 3 amide bonds. The van der Waals surface area contributed by atoms with Gasteiger partial charge in [-0.3, -0.25) is 9.69 Å². The molecule has 1 aliphatic heterocycles.